The van der Waals surface area contributed by atoms with E-state index in [2.05, 4.69) is 22.5 Å². The Bertz CT molecular complexity index is 919. The zero-order chi connectivity index (χ0) is 18.9. The number of anilines is 2. The number of sulfonamides is 1. The summed E-state index contributed by atoms with van der Waals surface area (Å²) in [6.07, 6.45) is 3.11. The smallest absolute Gasteiger partial charge is 0.245 e. The van der Waals surface area contributed by atoms with Crippen LogP contribution in [0.15, 0.2) is 64.5 Å². The minimum Gasteiger partial charge on any atom is -0.339 e. The molecule has 0 radical (unpaired) electrons. The third-order valence-corrected chi connectivity index (χ3v) is 7.18. The van der Waals surface area contributed by atoms with Crippen LogP contribution >= 0.6 is 15.9 Å². The molecule has 3 rings (SSSR count). The summed E-state index contributed by atoms with van der Waals surface area (Å²) in [6, 6.07) is 11.8. The van der Waals surface area contributed by atoms with Crippen LogP contribution in [0.2, 0.25) is 0 Å². The van der Waals surface area contributed by atoms with Gasteiger partial charge in [-0.15, -0.1) is 6.58 Å². The Kier molecular flexibility index (Phi) is 5.50. The largest absolute Gasteiger partial charge is 0.339 e. The van der Waals surface area contributed by atoms with Crippen molar-refractivity contribution >= 4 is 37.3 Å². The van der Waals surface area contributed by atoms with E-state index in [0.717, 1.165) is 5.69 Å². The minimum absolute atomic E-state index is 0.0956. The molecule has 0 N–H and O–H groups in total. The van der Waals surface area contributed by atoms with Gasteiger partial charge in [-0.1, -0.05) is 24.3 Å². The topological polar surface area (TPSA) is 40.6 Å². The van der Waals surface area contributed by atoms with E-state index in [0.29, 0.717) is 25.1 Å². The fourth-order valence-corrected chi connectivity index (χ4v) is 5.22. The van der Waals surface area contributed by atoms with Crippen LogP contribution in [0.5, 0.6) is 0 Å². The summed E-state index contributed by atoms with van der Waals surface area (Å²) < 4.78 is 42.1. The molecule has 0 fully saturated rings. The Morgan fingerprint density at radius 2 is 2.00 bits per heavy atom. The summed E-state index contributed by atoms with van der Waals surface area (Å²) in [6.45, 7) is 4.16. The second-order valence-corrected chi connectivity index (χ2v) is 9.04. The van der Waals surface area contributed by atoms with Crippen molar-refractivity contribution in [3.63, 3.8) is 0 Å². The maximum Gasteiger partial charge on any atom is 0.245 e. The van der Waals surface area contributed by atoms with Gasteiger partial charge in [-0.25, -0.2) is 12.8 Å². The lowest BCUT2D eigenvalue weighted by atomic mass is 10.1. The zero-order valence-electron chi connectivity index (χ0n) is 14.4. The number of hydrogen-bond donors (Lipinski definition) is 0. The Morgan fingerprint density at radius 3 is 2.65 bits per heavy atom. The molecule has 7 heteroatoms. The number of allylic oxidation sites excluding steroid dienone is 1. The molecule has 2 aromatic carbocycles. The van der Waals surface area contributed by atoms with E-state index in [1.165, 1.54) is 16.4 Å². The van der Waals surface area contributed by atoms with Crippen molar-refractivity contribution in [3.05, 3.63) is 65.4 Å². The van der Waals surface area contributed by atoms with Crippen molar-refractivity contribution in [2.75, 3.05) is 18.5 Å². The molecule has 1 aliphatic rings. The highest BCUT2D eigenvalue weighted by Crippen LogP contribution is 2.39. The van der Waals surface area contributed by atoms with Gasteiger partial charge in [0, 0.05) is 31.4 Å². The molecule has 0 aromatic heterocycles. The summed E-state index contributed by atoms with van der Waals surface area (Å²) in [5, 5.41) is 0. The highest BCUT2D eigenvalue weighted by molar-refractivity contribution is 9.10. The highest BCUT2D eigenvalue weighted by atomic mass is 79.9. The average Bonchev–Trinajstić information content (AvgIpc) is 2.70. The Labute approximate surface area is 162 Å². The molecule has 0 saturated heterocycles. The van der Waals surface area contributed by atoms with Crippen molar-refractivity contribution in [1.82, 2.24) is 4.31 Å². The van der Waals surface area contributed by atoms with Gasteiger partial charge in [-0.2, -0.15) is 4.31 Å². The average molecular weight is 439 g/mol. The highest BCUT2D eigenvalue weighted by Gasteiger charge is 2.37. The molecule has 1 atom stereocenters. The standard InChI is InChI=1S/C19H20BrFN2O2S/c1-3-4-8-15-13-23(14-9-6-5-7-10-14)18-12-17(21)16(20)11-19(18)26(24,25)22(15)2/h3,5-7,9-12,15H,1,4,8,13H2,2H3/t15-/m1/s1. The van der Waals surface area contributed by atoms with E-state index >= 15 is 0 Å². The summed E-state index contributed by atoms with van der Waals surface area (Å²) in [5.74, 6) is -0.493. The van der Waals surface area contributed by atoms with Gasteiger partial charge in [-0.05, 0) is 47.0 Å². The Morgan fingerprint density at radius 1 is 1.31 bits per heavy atom. The van der Waals surface area contributed by atoms with Crippen molar-refractivity contribution in [1.29, 1.82) is 0 Å². The molecule has 4 nitrogen and oxygen atoms in total. The number of hydrogen-bond acceptors (Lipinski definition) is 3. The van der Waals surface area contributed by atoms with Gasteiger partial charge >= 0.3 is 0 Å². The molecular weight excluding hydrogens is 419 g/mol. The van der Waals surface area contributed by atoms with E-state index in [1.807, 2.05) is 35.2 Å². The van der Waals surface area contributed by atoms with Crippen LogP contribution in [0, 0.1) is 5.82 Å². The van der Waals surface area contributed by atoms with E-state index < -0.39 is 15.8 Å². The summed E-state index contributed by atoms with van der Waals surface area (Å²) in [7, 11) is -2.17. The first-order valence-electron chi connectivity index (χ1n) is 8.27. The third kappa shape index (κ3) is 3.43. The second-order valence-electron chi connectivity index (χ2n) is 6.22. The molecule has 138 valence electrons. The molecular formula is C19H20BrFN2O2S. The molecule has 0 saturated carbocycles. The number of benzene rings is 2. The normalized spacial score (nSPS) is 19.7. The molecule has 0 bridgehead atoms. The van der Waals surface area contributed by atoms with Crippen LogP contribution in [0.25, 0.3) is 0 Å². The molecule has 0 amide bonds. The van der Waals surface area contributed by atoms with Crippen LogP contribution < -0.4 is 4.90 Å². The summed E-state index contributed by atoms with van der Waals surface area (Å²) in [4.78, 5) is 1.97. The molecule has 0 unspecified atom stereocenters. The number of halogens is 2. The van der Waals surface area contributed by atoms with Gasteiger partial charge in [0.05, 0.1) is 10.2 Å². The van der Waals surface area contributed by atoms with Gasteiger partial charge in [0.1, 0.15) is 10.7 Å². The maximum atomic E-state index is 14.3. The lowest BCUT2D eigenvalue weighted by Gasteiger charge is -2.29. The molecule has 1 aliphatic heterocycles. The molecule has 26 heavy (non-hydrogen) atoms. The first-order valence-corrected chi connectivity index (χ1v) is 10.5. The van der Waals surface area contributed by atoms with Crippen LogP contribution in [-0.2, 0) is 10.0 Å². The molecule has 0 spiro atoms. The predicted octanol–water partition coefficient (Wildman–Crippen LogP) is 4.70. The van der Waals surface area contributed by atoms with Gasteiger partial charge in [0.2, 0.25) is 10.0 Å². The fraction of sp³-hybridized carbons (Fsp3) is 0.263. The van der Waals surface area contributed by atoms with E-state index in [1.54, 1.807) is 13.1 Å². The number of fused-ring (bicyclic) bond motifs is 1. The minimum atomic E-state index is -3.76. The van der Waals surface area contributed by atoms with E-state index in [9.17, 15) is 12.8 Å². The molecule has 1 heterocycles. The van der Waals surface area contributed by atoms with E-state index in [-0.39, 0.29) is 15.4 Å². The van der Waals surface area contributed by atoms with Crippen LogP contribution in [0.4, 0.5) is 15.8 Å². The fourth-order valence-electron chi connectivity index (χ4n) is 3.15. The first-order chi connectivity index (χ1) is 12.4. The lowest BCUT2D eigenvalue weighted by Crippen LogP contribution is -2.40. The van der Waals surface area contributed by atoms with Gasteiger partial charge < -0.3 is 4.90 Å². The van der Waals surface area contributed by atoms with Crippen molar-refractivity contribution in [2.24, 2.45) is 0 Å². The quantitative estimate of drug-likeness (QED) is 0.649. The lowest BCUT2D eigenvalue weighted by molar-refractivity contribution is 0.360. The first kappa shape index (κ1) is 19.1. The summed E-state index contributed by atoms with van der Waals surface area (Å²) >= 11 is 3.11. The molecule has 0 aliphatic carbocycles. The Balaban J connectivity index is 2.23. The van der Waals surface area contributed by atoms with E-state index in [4.69, 9.17) is 0 Å². The molecule has 2 aromatic rings. The third-order valence-electron chi connectivity index (χ3n) is 4.63. The number of likely N-dealkylation sites (N-methyl/N-ethyl adjacent to an activating group) is 1. The number of rotatable bonds is 4. The monoisotopic (exact) mass is 438 g/mol. The SMILES string of the molecule is C=CCC[C@@H]1CN(c2ccccc2)c2cc(F)c(Br)cc2S(=O)(=O)N1C. The number of nitrogens with zero attached hydrogens (tertiary/aromatic N) is 2. The zero-order valence-corrected chi connectivity index (χ0v) is 16.8. The van der Waals surface area contributed by atoms with Gasteiger partial charge in [0.25, 0.3) is 0 Å². The van der Waals surface area contributed by atoms with Crippen molar-refractivity contribution in [2.45, 2.75) is 23.8 Å². The van der Waals surface area contributed by atoms with Gasteiger partial charge in [0.15, 0.2) is 0 Å². The van der Waals surface area contributed by atoms with Crippen molar-refractivity contribution in [3.8, 4) is 0 Å². The van der Waals surface area contributed by atoms with Gasteiger partial charge in [-0.3, -0.25) is 0 Å². The van der Waals surface area contributed by atoms with Crippen LogP contribution in [0.1, 0.15) is 12.8 Å². The second kappa shape index (κ2) is 7.50. The van der Waals surface area contributed by atoms with Crippen LogP contribution in [-0.4, -0.2) is 32.4 Å². The van der Waals surface area contributed by atoms with Crippen LogP contribution in [0.3, 0.4) is 0 Å². The summed E-state index contributed by atoms with van der Waals surface area (Å²) in [5.41, 5.74) is 1.18. The number of para-hydroxylation sites is 1. The van der Waals surface area contributed by atoms with Crippen molar-refractivity contribution < 1.29 is 12.8 Å². The maximum absolute atomic E-state index is 14.3. The predicted molar refractivity (Wildman–Crippen MR) is 106 cm³/mol. The Hall–Kier alpha value is -1.70.